The van der Waals surface area contributed by atoms with Gasteiger partial charge in [0.2, 0.25) is 0 Å². The molecule has 0 saturated carbocycles. The van der Waals surface area contributed by atoms with Crippen molar-refractivity contribution in [3.8, 4) is 33.9 Å². The Kier molecular flexibility index (Phi) is 4.58. The minimum atomic E-state index is -0.255. The number of nitrogens with zero attached hydrogens (tertiary/aromatic N) is 5. The van der Waals surface area contributed by atoms with E-state index < -0.39 is 0 Å². The van der Waals surface area contributed by atoms with E-state index in [2.05, 4.69) is 31.1 Å². The van der Waals surface area contributed by atoms with Gasteiger partial charge in [0.05, 0.1) is 29.3 Å². The molecule has 2 aromatic carbocycles. The van der Waals surface area contributed by atoms with Crippen LogP contribution in [0, 0.1) is 5.82 Å². The second kappa shape index (κ2) is 7.96. The number of pyridine rings is 1. The molecule has 1 saturated heterocycles. The van der Waals surface area contributed by atoms with Crippen LogP contribution in [-0.4, -0.2) is 49.3 Å². The fourth-order valence-electron chi connectivity index (χ4n) is 4.72. The highest BCUT2D eigenvalue weighted by molar-refractivity contribution is 6.00. The number of rotatable bonds is 4. The van der Waals surface area contributed by atoms with Gasteiger partial charge in [-0.15, -0.1) is 0 Å². The van der Waals surface area contributed by atoms with Crippen LogP contribution in [-0.2, 0) is 0 Å². The number of H-pyrrole nitrogens is 2. The zero-order chi connectivity index (χ0) is 24.2. The fourth-order valence-corrected chi connectivity index (χ4v) is 4.72. The Balaban J connectivity index is 1.30. The summed E-state index contributed by atoms with van der Waals surface area (Å²) in [6.07, 6.45) is 3.47. The molecule has 0 spiro atoms. The van der Waals surface area contributed by atoms with E-state index in [4.69, 9.17) is 15.7 Å². The SMILES string of the molecule is NC1CN(c2cncc(-c3ccc4[nH]nc(-c5cc6c(-c7ccc(F)cc7)cccc6[nH]5)c4n3)n2)C1. The molecule has 1 fully saturated rings. The highest BCUT2D eigenvalue weighted by Crippen LogP contribution is 2.34. The molecule has 8 nitrogen and oxygen atoms in total. The summed E-state index contributed by atoms with van der Waals surface area (Å²) in [7, 11) is 0. The number of hydrogen-bond donors (Lipinski definition) is 3. The lowest BCUT2D eigenvalue weighted by atomic mass is 10.0. The highest BCUT2D eigenvalue weighted by Gasteiger charge is 2.25. The molecule has 0 unspecified atom stereocenters. The van der Waals surface area contributed by atoms with Gasteiger partial charge < -0.3 is 15.6 Å². The van der Waals surface area contributed by atoms with E-state index in [-0.39, 0.29) is 11.9 Å². The van der Waals surface area contributed by atoms with Gasteiger partial charge in [-0.3, -0.25) is 10.1 Å². The standard InChI is InChI=1S/C27H21FN8/c28-16-6-4-15(5-7-16)18-2-1-3-20-19(18)10-23(31-20)27-26-22(34-35-27)9-8-21(33-26)24-11-30-12-25(32-24)36-13-17(29)14-36/h1-12,17,31H,13-14,29H2,(H,34,35). The fraction of sp³-hybridized carbons (Fsp3) is 0.111. The second-order valence-electron chi connectivity index (χ2n) is 9.05. The molecule has 0 bridgehead atoms. The van der Waals surface area contributed by atoms with E-state index in [1.54, 1.807) is 24.5 Å². The van der Waals surface area contributed by atoms with Crippen LogP contribution >= 0.6 is 0 Å². The number of benzene rings is 2. The number of aromatic nitrogens is 6. The third-order valence-electron chi connectivity index (χ3n) is 6.60. The Morgan fingerprint density at radius 3 is 2.61 bits per heavy atom. The molecule has 36 heavy (non-hydrogen) atoms. The molecule has 4 N–H and O–H groups in total. The topological polar surface area (TPSA) is 112 Å². The van der Waals surface area contributed by atoms with Gasteiger partial charge in [-0.05, 0) is 47.5 Å². The van der Waals surface area contributed by atoms with Gasteiger partial charge in [0.25, 0.3) is 0 Å². The maximum Gasteiger partial charge on any atom is 0.147 e. The first kappa shape index (κ1) is 20.7. The van der Waals surface area contributed by atoms with Gasteiger partial charge in [0.15, 0.2) is 0 Å². The summed E-state index contributed by atoms with van der Waals surface area (Å²) < 4.78 is 13.5. The van der Waals surface area contributed by atoms with Gasteiger partial charge in [0, 0.05) is 30.0 Å². The van der Waals surface area contributed by atoms with Gasteiger partial charge in [-0.1, -0.05) is 24.3 Å². The van der Waals surface area contributed by atoms with Crippen LogP contribution in [0.15, 0.2) is 73.1 Å². The highest BCUT2D eigenvalue weighted by atomic mass is 19.1. The third-order valence-corrected chi connectivity index (χ3v) is 6.60. The molecule has 4 aromatic heterocycles. The molecule has 176 valence electrons. The number of fused-ring (bicyclic) bond motifs is 2. The molecule has 0 radical (unpaired) electrons. The van der Waals surface area contributed by atoms with Crippen LogP contribution < -0.4 is 10.6 Å². The average Bonchev–Trinajstić information content (AvgIpc) is 3.51. The molecular formula is C27H21FN8. The molecule has 1 aliphatic rings. The van der Waals surface area contributed by atoms with Crippen LogP contribution in [0.2, 0.25) is 0 Å². The maximum atomic E-state index is 13.5. The predicted octanol–water partition coefficient (Wildman–Crippen LogP) is 4.52. The maximum absolute atomic E-state index is 13.5. The van der Waals surface area contributed by atoms with Crippen molar-refractivity contribution in [3.05, 3.63) is 78.9 Å². The first-order chi connectivity index (χ1) is 17.6. The van der Waals surface area contributed by atoms with Crippen molar-refractivity contribution in [2.45, 2.75) is 6.04 Å². The molecule has 9 heteroatoms. The van der Waals surface area contributed by atoms with E-state index >= 15 is 0 Å². The molecule has 1 aliphatic heterocycles. The number of nitrogens with one attached hydrogen (secondary N) is 2. The number of hydrogen-bond acceptors (Lipinski definition) is 6. The molecular weight excluding hydrogens is 455 g/mol. The largest absolute Gasteiger partial charge is 0.353 e. The lowest BCUT2D eigenvalue weighted by molar-refractivity contribution is 0.514. The molecule has 0 atom stereocenters. The minimum Gasteiger partial charge on any atom is -0.353 e. The zero-order valence-electron chi connectivity index (χ0n) is 19.1. The monoisotopic (exact) mass is 476 g/mol. The van der Waals surface area contributed by atoms with Crippen LogP contribution in [0.3, 0.4) is 0 Å². The smallest absolute Gasteiger partial charge is 0.147 e. The van der Waals surface area contributed by atoms with Crippen molar-refractivity contribution in [2.24, 2.45) is 5.73 Å². The van der Waals surface area contributed by atoms with E-state index in [1.807, 2.05) is 30.3 Å². The van der Waals surface area contributed by atoms with Gasteiger partial charge in [0.1, 0.15) is 28.5 Å². The van der Waals surface area contributed by atoms with E-state index in [0.29, 0.717) is 17.1 Å². The molecule has 0 aliphatic carbocycles. The second-order valence-corrected chi connectivity index (χ2v) is 9.05. The van der Waals surface area contributed by atoms with Crippen molar-refractivity contribution < 1.29 is 4.39 Å². The predicted molar refractivity (Wildman–Crippen MR) is 138 cm³/mol. The van der Waals surface area contributed by atoms with Crippen molar-refractivity contribution in [2.75, 3.05) is 18.0 Å². The van der Waals surface area contributed by atoms with Crippen molar-refractivity contribution in [3.63, 3.8) is 0 Å². The average molecular weight is 477 g/mol. The first-order valence-electron chi connectivity index (χ1n) is 11.7. The van der Waals surface area contributed by atoms with E-state index in [1.165, 1.54) is 12.1 Å². The molecule has 6 aromatic rings. The summed E-state index contributed by atoms with van der Waals surface area (Å²) in [4.78, 5) is 19.6. The van der Waals surface area contributed by atoms with Crippen LogP contribution in [0.4, 0.5) is 10.2 Å². The summed E-state index contributed by atoms with van der Waals surface area (Å²) in [5, 5.41) is 8.67. The summed E-state index contributed by atoms with van der Waals surface area (Å²) in [6.45, 7) is 1.55. The van der Waals surface area contributed by atoms with E-state index in [0.717, 1.165) is 57.7 Å². The third kappa shape index (κ3) is 3.40. The normalized spacial score (nSPS) is 14.0. The summed E-state index contributed by atoms with van der Waals surface area (Å²) >= 11 is 0. The summed E-state index contributed by atoms with van der Waals surface area (Å²) in [5.74, 6) is 0.543. The van der Waals surface area contributed by atoms with Gasteiger partial charge in [-0.25, -0.2) is 14.4 Å². The van der Waals surface area contributed by atoms with Gasteiger partial charge in [-0.2, -0.15) is 5.10 Å². The zero-order valence-corrected chi connectivity index (χ0v) is 19.1. The molecule has 5 heterocycles. The Bertz CT molecular complexity index is 1730. The Morgan fingerprint density at radius 2 is 1.78 bits per heavy atom. The minimum absolute atomic E-state index is 0.179. The van der Waals surface area contributed by atoms with Gasteiger partial charge >= 0.3 is 0 Å². The Morgan fingerprint density at radius 1 is 0.917 bits per heavy atom. The number of nitrogens with two attached hydrogens (primary N) is 1. The Hall–Kier alpha value is -4.63. The Labute approximate surface area is 205 Å². The van der Waals surface area contributed by atoms with Crippen LogP contribution in [0.5, 0.6) is 0 Å². The lowest BCUT2D eigenvalue weighted by Crippen LogP contribution is -2.56. The quantitative estimate of drug-likeness (QED) is 0.345. The number of halogens is 1. The van der Waals surface area contributed by atoms with Crippen LogP contribution in [0.1, 0.15) is 0 Å². The molecule has 0 amide bonds. The summed E-state index contributed by atoms with van der Waals surface area (Å²) in [6, 6.07) is 18.7. The lowest BCUT2D eigenvalue weighted by Gasteiger charge is -2.37. The van der Waals surface area contributed by atoms with Crippen molar-refractivity contribution in [1.29, 1.82) is 0 Å². The number of aromatic amines is 2. The van der Waals surface area contributed by atoms with Crippen LogP contribution in [0.25, 0.3) is 55.8 Å². The molecule has 7 rings (SSSR count). The first-order valence-corrected chi connectivity index (χ1v) is 11.7. The van der Waals surface area contributed by atoms with E-state index in [9.17, 15) is 4.39 Å². The van der Waals surface area contributed by atoms with Crippen molar-refractivity contribution in [1.82, 2.24) is 30.1 Å². The van der Waals surface area contributed by atoms with Crippen molar-refractivity contribution >= 4 is 27.8 Å². The number of anilines is 1. The summed E-state index contributed by atoms with van der Waals surface area (Å²) in [5.41, 5.74) is 13.4.